The lowest BCUT2D eigenvalue weighted by Gasteiger charge is -2.60. The molecule has 342 valence electrons. The first-order valence-corrected chi connectivity index (χ1v) is 24.1. The van der Waals surface area contributed by atoms with Gasteiger partial charge < -0.3 is 34.0 Å². The molecule has 10 nitrogen and oxygen atoms in total. The van der Waals surface area contributed by atoms with Crippen LogP contribution in [0.5, 0.6) is 11.5 Å². The summed E-state index contributed by atoms with van der Waals surface area (Å²) < 4.78 is 27.1. The van der Waals surface area contributed by atoms with E-state index in [1.165, 1.54) is 4.90 Å². The number of hydrogen-bond donors (Lipinski definition) is 2. The number of carbonyl (C=O) groups is 1. The average Bonchev–Trinajstić information content (AvgIpc) is 3.29. The Bertz CT molecular complexity index is 2240. The number of rotatable bonds is 21. The number of carbonyl (C=O) groups excluding carboxylic acids is 1. The van der Waals surface area contributed by atoms with Gasteiger partial charge in [-0.05, 0) is 117 Å². The van der Waals surface area contributed by atoms with E-state index in [1.54, 1.807) is 22.7 Å². The van der Waals surface area contributed by atoms with E-state index in [4.69, 9.17) is 28.9 Å². The van der Waals surface area contributed by atoms with Gasteiger partial charge in [0.1, 0.15) is 23.1 Å². The first-order valence-electron chi connectivity index (χ1n) is 23.1. The van der Waals surface area contributed by atoms with Crippen molar-refractivity contribution in [3.05, 3.63) is 126 Å². The highest BCUT2D eigenvalue weighted by Gasteiger charge is 2.65. The fourth-order valence-electron chi connectivity index (χ4n) is 9.89. The summed E-state index contributed by atoms with van der Waals surface area (Å²) in [6.45, 7) is 13.1. The van der Waals surface area contributed by atoms with Crippen LogP contribution in [0, 0.1) is 17.8 Å². The van der Waals surface area contributed by atoms with Crippen LogP contribution in [0.25, 0.3) is 10.8 Å². The Labute approximate surface area is 383 Å². The van der Waals surface area contributed by atoms with Gasteiger partial charge >= 0.3 is 6.09 Å². The normalized spacial score (nSPS) is 23.1. The van der Waals surface area contributed by atoms with Crippen LogP contribution in [-0.2, 0) is 20.9 Å². The minimum absolute atomic E-state index is 0.0786. The number of ether oxygens (including phenoxy) is 4. The van der Waals surface area contributed by atoms with Crippen molar-refractivity contribution in [2.24, 2.45) is 22.9 Å². The molecule has 1 amide bonds. The first-order chi connectivity index (χ1) is 31.1. The predicted molar refractivity (Wildman–Crippen MR) is 255 cm³/mol. The van der Waals surface area contributed by atoms with Crippen molar-refractivity contribution < 1.29 is 38.8 Å². The number of benzene rings is 4. The van der Waals surface area contributed by atoms with E-state index in [1.807, 2.05) is 76.2 Å². The fourth-order valence-corrected chi connectivity index (χ4v) is 10.6. The van der Waals surface area contributed by atoms with Crippen LogP contribution in [0.1, 0.15) is 89.7 Å². The van der Waals surface area contributed by atoms with E-state index < -0.39 is 29.4 Å². The smallest absolute Gasteiger partial charge is 0.410 e. The van der Waals surface area contributed by atoms with Gasteiger partial charge in [-0.15, -0.1) is 18.3 Å². The van der Waals surface area contributed by atoms with Crippen LogP contribution < -0.4 is 9.47 Å². The Morgan fingerprint density at radius 1 is 0.969 bits per heavy atom. The van der Waals surface area contributed by atoms with Crippen molar-refractivity contribution in [3.63, 3.8) is 0 Å². The number of fused-ring (bicyclic) bond motifs is 3. The van der Waals surface area contributed by atoms with E-state index in [-0.39, 0.29) is 57.1 Å². The number of hydrogen-bond acceptors (Lipinski definition) is 10. The fraction of sp³-hybridized carbons (Fsp3) is 0.472. The van der Waals surface area contributed by atoms with Gasteiger partial charge in [-0.3, -0.25) is 4.90 Å². The van der Waals surface area contributed by atoms with Crippen molar-refractivity contribution in [2.45, 2.75) is 107 Å². The van der Waals surface area contributed by atoms with E-state index >= 15 is 0 Å². The van der Waals surface area contributed by atoms with Crippen LogP contribution in [0.15, 0.2) is 125 Å². The Kier molecular flexibility index (Phi) is 16.1. The molecule has 4 aromatic carbocycles. The summed E-state index contributed by atoms with van der Waals surface area (Å²) >= 11 is 1.75. The summed E-state index contributed by atoms with van der Waals surface area (Å²) in [6, 6.07) is 30.1. The lowest BCUT2D eigenvalue weighted by atomic mass is 9.55. The number of allylic oxidation sites excluding steroid dienone is 1. The highest BCUT2D eigenvalue weighted by atomic mass is 32.2. The largest absolute Gasteiger partial charge is 0.493 e. The molecule has 1 fully saturated rings. The molecular formula is C53H66N2O8S. The van der Waals surface area contributed by atoms with Crippen LogP contribution in [0.3, 0.4) is 0 Å². The highest BCUT2D eigenvalue weighted by Crippen LogP contribution is 2.62. The van der Waals surface area contributed by atoms with Gasteiger partial charge in [-0.1, -0.05) is 90.8 Å². The van der Waals surface area contributed by atoms with E-state index in [2.05, 4.69) is 55.1 Å². The Hall–Kier alpha value is -4.81. The zero-order chi connectivity index (χ0) is 45.1. The quantitative estimate of drug-likeness (QED) is 0.0365. The summed E-state index contributed by atoms with van der Waals surface area (Å²) in [5.41, 5.74) is 3.09. The second kappa shape index (κ2) is 21.9. The molecule has 0 bridgehead atoms. The zero-order valence-corrected chi connectivity index (χ0v) is 38.8. The minimum atomic E-state index is -1.42. The van der Waals surface area contributed by atoms with Crippen LogP contribution in [0.2, 0.25) is 0 Å². The third-order valence-corrected chi connectivity index (χ3v) is 13.5. The first kappa shape index (κ1) is 47.2. The lowest BCUT2D eigenvalue weighted by Crippen LogP contribution is -2.70. The van der Waals surface area contributed by atoms with Gasteiger partial charge in [0, 0.05) is 41.8 Å². The molecular weight excluding hydrogens is 825 g/mol. The molecule has 0 spiro atoms. The average molecular weight is 891 g/mol. The molecule has 7 rings (SSSR count). The van der Waals surface area contributed by atoms with Crippen molar-refractivity contribution in [2.75, 3.05) is 38.8 Å². The third-order valence-electron chi connectivity index (χ3n) is 12.5. The molecule has 2 N–H and O–H groups in total. The Balaban J connectivity index is 1.42. The molecule has 2 aliphatic carbocycles. The van der Waals surface area contributed by atoms with Gasteiger partial charge in [0.2, 0.25) is 5.79 Å². The SMILES string of the molecule is C=CCOC12Oc3ccc(OCCSc4ccccc4)cc3C3C(CCCCO)C(CCCCO)C=C(C(=NOC(C)(C)C)CC1N(Cc1cccc4ccccc14)C(=O)OCC)C32. The van der Waals surface area contributed by atoms with Crippen molar-refractivity contribution in [1.82, 2.24) is 4.90 Å². The molecule has 0 aromatic heterocycles. The van der Waals surface area contributed by atoms with Crippen LogP contribution in [0.4, 0.5) is 4.79 Å². The molecule has 64 heavy (non-hydrogen) atoms. The predicted octanol–water partition coefficient (Wildman–Crippen LogP) is 11.1. The summed E-state index contributed by atoms with van der Waals surface area (Å²) in [5, 5.41) is 27.1. The molecule has 3 aliphatic rings. The molecule has 1 saturated carbocycles. The Morgan fingerprint density at radius 3 is 2.47 bits per heavy atom. The maximum Gasteiger partial charge on any atom is 0.410 e. The van der Waals surface area contributed by atoms with Gasteiger partial charge in [0.15, 0.2) is 0 Å². The van der Waals surface area contributed by atoms with E-state index in [9.17, 15) is 15.0 Å². The summed E-state index contributed by atoms with van der Waals surface area (Å²) in [6.07, 6.45) is 8.60. The van der Waals surface area contributed by atoms with E-state index in [0.29, 0.717) is 25.2 Å². The molecule has 6 atom stereocenters. The number of aliphatic hydroxyl groups is 2. The second-order valence-corrected chi connectivity index (χ2v) is 19.1. The molecule has 6 unspecified atom stereocenters. The highest BCUT2D eigenvalue weighted by molar-refractivity contribution is 7.99. The summed E-state index contributed by atoms with van der Waals surface area (Å²) in [7, 11) is 0. The van der Waals surface area contributed by atoms with Gasteiger partial charge in [-0.25, -0.2) is 4.79 Å². The molecule has 11 heteroatoms. The zero-order valence-electron chi connectivity index (χ0n) is 38.0. The molecule has 1 heterocycles. The van der Waals surface area contributed by atoms with Gasteiger partial charge in [0.05, 0.1) is 38.0 Å². The second-order valence-electron chi connectivity index (χ2n) is 18.0. The van der Waals surface area contributed by atoms with Crippen LogP contribution >= 0.6 is 11.8 Å². The van der Waals surface area contributed by atoms with Crippen molar-refractivity contribution in [3.8, 4) is 11.5 Å². The summed E-state index contributed by atoms with van der Waals surface area (Å²) in [5.74, 6) is 0.320. The number of unbranched alkanes of at least 4 members (excludes halogenated alkanes) is 2. The third kappa shape index (κ3) is 10.8. The monoisotopic (exact) mass is 890 g/mol. The standard InChI is InChI=1S/C53H66N2O8S/c1-6-30-61-53-48(55(51(58)59-7-2)36-39-21-17-20-37-18-11-12-24-42(37)39)35-46(54-63-52(3,4)5)44-33-38(19-13-15-28-56)43(25-14-16-29-57)49(50(44)53)45-34-40(26-27-47(45)62-53)60-31-32-64-41-22-9-8-10-23-41/h6,8-12,17-18,20-24,26-27,33-34,38,43,48-50,56-57H,1,7,13-16,19,25,28-32,35-36H2,2-5H3. The lowest BCUT2D eigenvalue weighted by molar-refractivity contribution is -0.256. The maximum absolute atomic E-state index is 14.7. The Morgan fingerprint density at radius 2 is 1.72 bits per heavy atom. The minimum Gasteiger partial charge on any atom is -0.493 e. The van der Waals surface area contributed by atoms with Crippen molar-refractivity contribution >= 4 is 34.3 Å². The molecule has 1 aliphatic heterocycles. The van der Waals surface area contributed by atoms with Gasteiger partial charge in [-0.2, -0.15) is 0 Å². The number of aliphatic hydroxyl groups excluding tert-OH is 2. The number of amides is 1. The van der Waals surface area contributed by atoms with Gasteiger partial charge in [0.25, 0.3) is 0 Å². The summed E-state index contributed by atoms with van der Waals surface area (Å²) in [4.78, 5) is 24.0. The molecule has 0 saturated heterocycles. The topological polar surface area (TPSA) is 119 Å². The molecule has 0 radical (unpaired) electrons. The number of thioether (sulfide) groups is 1. The maximum atomic E-state index is 14.7. The molecule has 4 aromatic rings. The van der Waals surface area contributed by atoms with E-state index in [0.717, 1.165) is 70.4 Å². The number of nitrogens with zero attached hydrogens (tertiary/aromatic N) is 2. The number of oxime groups is 1. The van der Waals surface area contributed by atoms with Crippen LogP contribution in [-0.4, -0.2) is 83.1 Å². The van der Waals surface area contributed by atoms with Crippen molar-refractivity contribution in [1.29, 1.82) is 0 Å².